The zero-order chi connectivity index (χ0) is 14.3. The second kappa shape index (κ2) is 5.07. The lowest BCUT2D eigenvalue weighted by Crippen LogP contribution is -2.20. The largest absolute Gasteiger partial charge is 0.368 e. The van der Waals surface area contributed by atoms with Gasteiger partial charge < -0.3 is 10.6 Å². The van der Waals surface area contributed by atoms with Crippen LogP contribution in [0.4, 0.5) is 15.8 Å². The number of halogens is 3. The monoisotopic (exact) mass is 354 g/mol. The number of nitrogens with one attached hydrogen (secondary N) is 2. The van der Waals surface area contributed by atoms with Gasteiger partial charge in [-0.25, -0.2) is 4.39 Å². The zero-order valence-electron chi connectivity index (χ0n) is 10.1. The minimum absolute atomic E-state index is 0.0146. The fourth-order valence-electron chi connectivity index (χ4n) is 2.18. The first-order valence-corrected chi connectivity index (χ1v) is 7.05. The van der Waals surface area contributed by atoms with Gasteiger partial charge in [0.2, 0.25) is 0 Å². The average Bonchev–Trinajstić information content (AvgIpc) is 2.73. The molecule has 1 heterocycles. The van der Waals surface area contributed by atoms with Crippen LogP contribution in [0.3, 0.4) is 0 Å². The van der Waals surface area contributed by atoms with Crippen molar-refractivity contribution in [1.29, 1.82) is 0 Å². The molecule has 6 heteroatoms. The van der Waals surface area contributed by atoms with Gasteiger partial charge in [-0.1, -0.05) is 39.7 Å². The predicted molar refractivity (Wildman–Crippen MR) is 80.5 cm³/mol. The Hall–Kier alpha value is -1.59. The maximum Gasteiger partial charge on any atom is 0.251 e. The van der Waals surface area contributed by atoms with E-state index in [1.165, 1.54) is 6.07 Å². The fourth-order valence-corrected chi connectivity index (χ4v) is 2.95. The third kappa shape index (κ3) is 2.17. The number of hydrogen-bond acceptors (Lipinski definition) is 2. The van der Waals surface area contributed by atoms with E-state index in [1.807, 2.05) is 12.1 Å². The summed E-state index contributed by atoms with van der Waals surface area (Å²) in [6.07, 6.45) is 0. The quantitative estimate of drug-likeness (QED) is 0.841. The first-order valence-electron chi connectivity index (χ1n) is 5.88. The molecule has 2 aromatic carbocycles. The van der Waals surface area contributed by atoms with Gasteiger partial charge in [0.25, 0.3) is 5.91 Å². The highest BCUT2D eigenvalue weighted by molar-refractivity contribution is 9.10. The first-order chi connectivity index (χ1) is 9.58. The van der Waals surface area contributed by atoms with Crippen LogP contribution < -0.4 is 10.6 Å². The minimum atomic E-state index is -0.659. The zero-order valence-corrected chi connectivity index (χ0v) is 12.4. The Balaban J connectivity index is 2.00. The molecule has 0 fully saturated rings. The van der Waals surface area contributed by atoms with Crippen molar-refractivity contribution in [1.82, 2.24) is 0 Å². The van der Waals surface area contributed by atoms with Gasteiger partial charge in [-0.2, -0.15) is 0 Å². The summed E-state index contributed by atoms with van der Waals surface area (Å²) >= 11 is 9.15. The third-order valence-electron chi connectivity index (χ3n) is 3.11. The molecule has 1 amide bonds. The number of fused-ring (bicyclic) bond motifs is 1. The minimum Gasteiger partial charge on any atom is -0.368 e. The Morgan fingerprint density at radius 1 is 1.25 bits per heavy atom. The summed E-state index contributed by atoms with van der Waals surface area (Å²) in [7, 11) is 0. The molecule has 2 N–H and O–H groups in total. The molecule has 0 radical (unpaired) electrons. The fraction of sp³-hybridized carbons (Fsp3) is 0.0714. The molecule has 0 spiro atoms. The lowest BCUT2D eigenvalue weighted by molar-refractivity contribution is -0.116. The number of hydrogen-bond donors (Lipinski definition) is 2. The summed E-state index contributed by atoms with van der Waals surface area (Å²) in [6, 6.07) is 9.43. The van der Waals surface area contributed by atoms with E-state index in [1.54, 1.807) is 18.2 Å². The van der Waals surface area contributed by atoms with E-state index < -0.39 is 11.9 Å². The van der Waals surface area contributed by atoms with Crippen molar-refractivity contribution in [3.8, 4) is 0 Å². The van der Waals surface area contributed by atoms with Gasteiger partial charge in [0.15, 0.2) is 5.82 Å². The normalized spacial score (nSPS) is 16.8. The molecule has 0 bridgehead atoms. The number of anilines is 2. The maximum atomic E-state index is 13.9. The van der Waals surface area contributed by atoms with Gasteiger partial charge >= 0.3 is 0 Å². The Kier molecular flexibility index (Phi) is 3.40. The molecule has 2 aromatic rings. The van der Waals surface area contributed by atoms with Crippen molar-refractivity contribution in [2.24, 2.45) is 0 Å². The standard InChI is InChI=1S/C14H9BrClFN2O/c15-7-3-1-5-9-11(7)13(14(20)19-9)18-10-6-2-4-8(16)12(10)17/h1-6,13,18H,(H,19,20). The van der Waals surface area contributed by atoms with Gasteiger partial charge in [-0.3, -0.25) is 4.79 Å². The average molecular weight is 356 g/mol. The van der Waals surface area contributed by atoms with Gasteiger partial charge in [0.05, 0.1) is 10.7 Å². The second-order valence-electron chi connectivity index (χ2n) is 4.37. The van der Waals surface area contributed by atoms with Crippen molar-refractivity contribution in [2.45, 2.75) is 6.04 Å². The van der Waals surface area contributed by atoms with Crippen LogP contribution in [0, 0.1) is 5.82 Å². The van der Waals surface area contributed by atoms with Gasteiger partial charge in [-0.05, 0) is 24.3 Å². The second-order valence-corrected chi connectivity index (χ2v) is 5.63. The maximum absolute atomic E-state index is 13.9. The number of carbonyl (C=O) groups is 1. The molecule has 1 aliphatic heterocycles. The lowest BCUT2D eigenvalue weighted by atomic mass is 10.1. The number of amides is 1. The van der Waals surface area contributed by atoms with E-state index in [2.05, 4.69) is 26.6 Å². The SMILES string of the molecule is O=C1Nc2cccc(Br)c2C1Nc1cccc(Cl)c1F. The lowest BCUT2D eigenvalue weighted by Gasteiger charge is -2.15. The summed E-state index contributed by atoms with van der Waals surface area (Å²) < 4.78 is 14.7. The Labute approximate surface area is 128 Å². The van der Waals surface area contributed by atoms with Gasteiger partial charge in [0.1, 0.15) is 6.04 Å². The summed E-state index contributed by atoms with van der Waals surface area (Å²) in [5.41, 5.74) is 1.67. The van der Waals surface area contributed by atoms with Crippen molar-refractivity contribution in [3.05, 3.63) is 57.3 Å². The van der Waals surface area contributed by atoms with Crippen LogP contribution in [-0.4, -0.2) is 5.91 Å². The molecule has 0 aromatic heterocycles. The van der Waals surface area contributed by atoms with Crippen LogP contribution in [0.15, 0.2) is 40.9 Å². The molecule has 3 nitrogen and oxygen atoms in total. The highest BCUT2D eigenvalue weighted by Crippen LogP contribution is 2.39. The van der Waals surface area contributed by atoms with E-state index in [4.69, 9.17) is 11.6 Å². The molecule has 20 heavy (non-hydrogen) atoms. The number of benzene rings is 2. The number of carbonyl (C=O) groups excluding carboxylic acids is 1. The van der Waals surface area contributed by atoms with Crippen molar-refractivity contribution in [3.63, 3.8) is 0 Å². The Bertz CT molecular complexity index is 708. The Morgan fingerprint density at radius 3 is 2.80 bits per heavy atom. The third-order valence-corrected chi connectivity index (χ3v) is 4.10. The van der Waals surface area contributed by atoms with Crippen LogP contribution in [0.5, 0.6) is 0 Å². The molecular weight excluding hydrogens is 347 g/mol. The van der Waals surface area contributed by atoms with Crippen LogP contribution in [0.2, 0.25) is 5.02 Å². The molecule has 1 unspecified atom stereocenters. The molecular formula is C14H9BrClFN2O. The van der Waals surface area contributed by atoms with Crippen molar-refractivity contribution >= 4 is 44.8 Å². The first kappa shape index (κ1) is 13.4. The summed E-state index contributed by atoms with van der Waals surface area (Å²) in [6.45, 7) is 0. The molecule has 1 aliphatic rings. The molecule has 0 saturated heterocycles. The van der Waals surface area contributed by atoms with Gasteiger partial charge in [-0.15, -0.1) is 0 Å². The van der Waals surface area contributed by atoms with Gasteiger partial charge in [0, 0.05) is 15.7 Å². The molecule has 102 valence electrons. The summed E-state index contributed by atoms with van der Waals surface area (Å²) in [5, 5.41) is 5.67. The van der Waals surface area contributed by atoms with Crippen molar-refractivity contribution in [2.75, 3.05) is 10.6 Å². The highest BCUT2D eigenvalue weighted by atomic mass is 79.9. The molecule has 0 saturated carbocycles. The van der Waals surface area contributed by atoms with E-state index >= 15 is 0 Å². The molecule has 3 rings (SSSR count). The van der Waals surface area contributed by atoms with E-state index in [-0.39, 0.29) is 16.6 Å². The molecule has 1 atom stereocenters. The topological polar surface area (TPSA) is 41.1 Å². The van der Waals surface area contributed by atoms with Crippen LogP contribution in [-0.2, 0) is 4.79 Å². The Morgan fingerprint density at radius 2 is 2.00 bits per heavy atom. The number of rotatable bonds is 2. The van der Waals surface area contributed by atoms with Crippen LogP contribution >= 0.6 is 27.5 Å². The van der Waals surface area contributed by atoms with Crippen LogP contribution in [0.1, 0.15) is 11.6 Å². The predicted octanol–water partition coefficient (Wildman–Crippen LogP) is 4.35. The highest BCUT2D eigenvalue weighted by Gasteiger charge is 2.32. The van der Waals surface area contributed by atoms with E-state index in [9.17, 15) is 9.18 Å². The molecule has 0 aliphatic carbocycles. The van der Waals surface area contributed by atoms with E-state index in [0.717, 1.165) is 10.0 Å². The smallest absolute Gasteiger partial charge is 0.251 e. The van der Waals surface area contributed by atoms with Crippen molar-refractivity contribution < 1.29 is 9.18 Å². The van der Waals surface area contributed by atoms with E-state index in [0.29, 0.717) is 5.69 Å². The summed E-state index contributed by atoms with van der Waals surface area (Å²) in [4.78, 5) is 12.0. The summed E-state index contributed by atoms with van der Waals surface area (Å²) in [5.74, 6) is -0.797. The van der Waals surface area contributed by atoms with Crippen LogP contribution in [0.25, 0.3) is 0 Å².